The van der Waals surface area contributed by atoms with E-state index in [0.29, 0.717) is 0 Å². The number of hydrogen-bond acceptors (Lipinski definition) is 2. The van der Waals surface area contributed by atoms with Gasteiger partial charge in [-0.15, -0.1) is 0 Å². The van der Waals surface area contributed by atoms with Gasteiger partial charge in [-0.1, -0.05) is 37.3 Å². The lowest BCUT2D eigenvalue weighted by molar-refractivity contribution is -0.122. The molecule has 0 bridgehead atoms. The van der Waals surface area contributed by atoms with Crippen molar-refractivity contribution >= 4 is 11.6 Å². The molecular formula is C20H25NO2. The van der Waals surface area contributed by atoms with Gasteiger partial charge < -0.3 is 10.1 Å². The molecule has 3 nitrogen and oxygen atoms in total. The van der Waals surface area contributed by atoms with Crippen LogP contribution >= 0.6 is 0 Å². The third-order valence-electron chi connectivity index (χ3n) is 4.22. The number of aryl methyl sites for hydroxylation is 3. The SMILES string of the molecule is CCc1cccc(C)c1NC(=O)[C@H](C)Oc1cccc(C)c1C. The predicted molar refractivity (Wildman–Crippen MR) is 95.2 cm³/mol. The molecule has 0 aliphatic heterocycles. The molecule has 0 aromatic heterocycles. The summed E-state index contributed by atoms with van der Waals surface area (Å²) in [4.78, 5) is 12.5. The summed E-state index contributed by atoms with van der Waals surface area (Å²) in [5, 5.41) is 3.02. The molecule has 0 aliphatic carbocycles. The molecule has 0 saturated heterocycles. The van der Waals surface area contributed by atoms with Crippen molar-refractivity contribution in [1.29, 1.82) is 0 Å². The van der Waals surface area contributed by atoms with Gasteiger partial charge in [-0.3, -0.25) is 4.79 Å². The minimum absolute atomic E-state index is 0.130. The number of amides is 1. The van der Waals surface area contributed by atoms with E-state index >= 15 is 0 Å². The highest BCUT2D eigenvalue weighted by Crippen LogP contribution is 2.24. The van der Waals surface area contributed by atoms with Crippen molar-refractivity contribution in [3.05, 3.63) is 58.7 Å². The van der Waals surface area contributed by atoms with Gasteiger partial charge in [0.15, 0.2) is 6.10 Å². The molecule has 0 saturated carbocycles. The van der Waals surface area contributed by atoms with Crippen LogP contribution in [0.2, 0.25) is 0 Å². The molecule has 2 aromatic carbocycles. The molecule has 1 N–H and O–H groups in total. The molecule has 0 radical (unpaired) electrons. The zero-order valence-electron chi connectivity index (χ0n) is 14.6. The lowest BCUT2D eigenvalue weighted by Gasteiger charge is -2.19. The smallest absolute Gasteiger partial charge is 0.265 e. The van der Waals surface area contributed by atoms with Gasteiger partial charge in [0.25, 0.3) is 5.91 Å². The van der Waals surface area contributed by atoms with Crippen molar-refractivity contribution in [1.82, 2.24) is 0 Å². The second-order valence-corrected chi connectivity index (χ2v) is 5.91. The van der Waals surface area contributed by atoms with Crippen molar-refractivity contribution in [2.24, 2.45) is 0 Å². The number of anilines is 1. The van der Waals surface area contributed by atoms with Gasteiger partial charge in [0.2, 0.25) is 0 Å². The van der Waals surface area contributed by atoms with Crippen molar-refractivity contribution in [3.8, 4) is 5.75 Å². The lowest BCUT2D eigenvalue weighted by atomic mass is 10.1. The highest BCUT2D eigenvalue weighted by molar-refractivity contribution is 5.95. The Morgan fingerprint density at radius 1 is 1.09 bits per heavy atom. The van der Waals surface area contributed by atoms with E-state index in [0.717, 1.165) is 40.1 Å². The van der Waals surface area contributed by atoms with Crippen LogP contribution in [0.15, 0.2) is 36.4 Å². The van der Waals surface area contributed by atoms with Gasteiger partial charge >= 0.3 is 0 Å². The molecule has 23 heavy (non-hydrogen) atoms. The maximum absolute atomic E-state index is 12.5. The second-order valence-electron chi connectivity index (χ2n) is 5.91. The zero-order valence-corrected chi connectivity index (χ0v) is 14.6. The molecule has 0 spiro atoms. The van der Waals surface area contributed by atoms with Crippen molar-refractivity contribution in [2.75, 3.05) is 5.32 Å². The summed E-state index contributed by atoms with van der Waals surface area (Å²) in [7, 11) is 0. The van der Waals surface area contributed by atoms with Crippen molar-refractivity contribution < 1.29 is 9.53 Å². The van der Waals surface area contributed by atoms with Crippen molar-refractivity contribution in [2.45, 2.75) is 47.1 Å². The largest absolute Gasteiger partial charge is 0.481 e. The standard InChI is InChI=1S/C20H25NO2/c1-6-17-11-7-10-14(3)19(17)21-20(22)16(5)23-18-12-8-9-13(2)15(18)4/h7-12,16H,6H2,1-5H3,(H,21,22)/t16-/m0/s1. The molecule has 122 valence electrons. The van der Waals surface area contributed by atoms with Crippen LogP contribution in [0, 0.1) is 20.8 Å². The third kappa shape index (κ3) is 3.92. The fourth-order valence-corrected chi connectivity index (χ4v) is 2.52. The first kappa shape index (κ1) is 17.1. The lowest BCUT2D eigenvalue weighted by Crippen LogP contribution is -2.31. The summed E-state index contributed by atoms with van der Waals surface area (Å²) >= 11 is 0. The van der Waals surface area contributed by atoms with Gasteiger partial charge in [-0.2, -0.15) is 0 Å². The number of carbonyl (C=O) groups is 1. The molecule has 0 aliphatic rings. The summed E-state index contributed by atoms with van der Waals surface area (Å²) in [5.74, 6) is 0.628. The van der Waals surface area contributed by atoms with Crippen LogP contribution < -0.4 is 10.1 Å². The Balaban J connectivity index is 2.13. The molecule has 2 aromatic rings. The Kier molecular flexibility index (Phi) is 5.43. The van der Waals surface area contributed by atoms with Crippen LogP contribution in [-0.2, 0) is 11.2 Å². The molecule has 0 heterocycles. The molecule has 0 fully saturated rings. The quantitative estimate of drug-likeness (QED) is 0.877. The van der Waals surface area contributed by atoms with E-state index in [4.69, 9.17) is 4.74 Å². The average molecular weight is 311 g/mol. The first-order chi connectivity index (χ1) is 10.9. The fraction of sp³-hybridized carbons (Fsp3) is 0.350. The number of benzene rings is 2. The van der Waals surface area contributed by atoms with Crippen LogP contribution in [0.5, 0.6) is 5.75 Å². The van der Waals surface area contributed by atoms with Gasteiger partial charge in [-0.05, 0) is 62.4 Å². The molecule has 2 rings (SSSR count). The van der Waals surface area contributed by atoms with Crippen molar-refractivity contribution in [3.63, 3.8) is 0 Å². The number of hydrogen-bond donors (Lipinski definition) is 1. The summed E-state index contributed by atoms with van der Waals surface area (Å²) in [6, 6.07) is 11.9. The molecular weight excluding hydrogens is 286 g/mol. The molecule has 0 unspecified atom stereocenters. The van der Waals surface area contributed by atoms with E-state index in [1.165, 1.54) is 0 Å². The first-order valence-electron chi connectivity index (χ1n) is 8.06. The minimum Gasteiger partial charge on any atom is -0.481 e. The second kappa shape index (κ2) is 7.32. The van der Waals surface area contributed by atoms with Crippen LogP contribution in [0.3, 0.4) is 0 Å². The van der Waals surface area contributed by atoms with Gasteiger partial charge in [0.1, 0.15) is 5.75 Å². The number of nitrogens with one attached hydrogen (secondary N) is 1. The van der Waals surface area contributed by atoms with Gasteiger partial charge in [0.05, 0.1) is 0 Å². The van der Waals surface area contributed by atoms with E-state index in [1.807, 2.05) is 57.2 Å². The molecule has 1 amide bonds. The molecule has 1 atom stereocenters. The van der Waals surface area contributed by atoms with E-state index in [2.05, 4.69) is 12.2 Å². The number of ether oxygens (including phenoxy) is 1. The Labute approximate surface area is 138 Å². The Morgan fingerprint density at radius 3 is 2.43 bits per heavy atom. The Hall–Kier alpha value is -2.29. The highest BCUT2D eigenvalue weighted by atomic mass is 16.5. The van der Waals surface area contributed by atoms with Gasteiger partial charge in [0, 0.05) is 5.69 Å². The zero-order chi connectivity index (χ0) is 17.0. The average Bonchev–Trinajstić information content (AvgIpc) is 2.53. The van der Waals surface area contributed by atoms with E-state index in [1.54, 1.807) is 6.92 Å². The van der Waals surface area contributed by atoms with Gasteiger partial charge in [-0.25, -0.2) is 0 Å². The summed E-state index contributed by atoms with van der Waals surface area (Å²) in [5.41, 5.74) is 5.32. The maximum Gasteiger partial charge on any atom is 0.265 e. The summed E-state index contributed by atoms with van der Waals surface area (Å²) in [6.45, 7) is 9.91. The van der Waals surface area contributed by atoms with Crippen LogP contribution in [0.25, 0.3) is 0 Å². The van der Waals surface area contributed by atoms with E-state index in [-0.39, 0.29) is 5.91 Å². The van der Waals surface area contributed by atoms with E-state index in [9.17, 15) is 4.79 Å². The van der Waals surface area contributed by atoms with Crippen LogP contribution in [0.1, 0.15) is 36.1 Å². The summed E-state index contributed by atoms with van der Waals surface area (Å²) in [6.07, 6.45) is 0.323. The fourth-order valence-electron chi connectivity index (χ4n) is 2.52. The highest BCUT2D eigenvalue weighted by Gasteiger charge is 2.18. The normalized spacial score (nSPS) is 11.9. The summed E-state index contributed by atoms with van der Waals surface area (Å²) < 4.78 is 5.86. The first-order valence-corrected chi connectivity index (χ1v) is 8.06. The predicted octanol–water partition coefficient (Wildman–Crippen LogP) is 4.58. The molecule has 3 heteroatoms. The topological polar surface area (TPSA) is 38.3 Å². The monoisotopic (exact) mass is 311 g/mol. The number of carbonyl (C=O) groups excluding carboxylic acids is 1. The van der Waals surface area contributed by atoms with E-state index < -0.39 is 6.10 Å². The third-order valence-corrected chi connectivity index (χ3v) is 4.22. The Morgan fingerprint density at radius 2 is 1.74 bits per heavy atom. The Bertz CT molecular complexity index is 707. The van der Waals surface area contributed by atoms with Crippen LogP contribution in [-0.4, -0.2) is 12.0 Å². The van der Waals surface area contributed by atoms with Crippen LogP contribution in [0.4, 0.5) is 5.69 Å². The maximum atomic E-state index is 12.5. The number of rotatable bonds is 5. The minimum atomic E-state index is -0.556. The number of para-hydroxylation sites is 1.